The zero-order valence-corrected chi connectivity index (χ0v) is 13.5. The lowest BCUT2D eigenvalue weighted by Gasteiger charge is -2.10. The lowest BCUT2D eigenvalue weighted by atomic mass is 10.2. The molecule has 0 radical (unpaired) electrons. The molecule has 2 aromatic carbocycles. The number of carbonyl (C=O) groups is 1. The van der Waals surface area contributed by atoms with E-state index in [1.54, 1.807) is 7.11 Å². The van der Waals surface area contributed by atoms with Crippen LogP contribution < -0.4 is 20.1 Å². The summed E-state index contributed by atoms with van der Waals surface area (Å²) in [5.41, 5.74) is 2.09. The van der Waals surface area contributed by atoms with Crippen LogP contribution in [0.1, 0.15) is 11.1 Å². The molecule has 122 valence electrons. The quantitative estimate of drug-likeness (QED) is 0.773. The first-order chi connectivity index (χ1) is 11.2. The summed E-state index contributed by atoms with van der Waals surface area (Å²) in [6, 6.07) is 15.2. The van der Waals surface area contributed by atoms with Crippen LogP contribution in [0.3, 0.4) is 0 Å². The highest BCUT2D eigenvalue weighted by atomic mass is 16.5. The van der Waals surface area contributed by atoms with Crippen LogP contribution in [0.25, 0.3) is 0 Å². The predicted molar refractivity (Wildman–Crippen MR) is 89.9 cm³/mol. The summed E-state index contributed by atoms with van der Waals surface area (Å²) in [5.74, 6) is 1.64. The molecule has 0 saturated carbocycles. The Morgan fingerprint density at radius 2 is 1.78 bits per heavy atom. The van der Waals surface area contributed by atoms with Crippen LogP contribution in [0.2, 0.25) is 0 Å². The highest BCUT2D eigenvalue weighted by Gasteiger charge is 2.01. The Morgan fingerprint density at radius 3 is 2.48 bits per heavy atom. The number of rotatable bonds is 7. The van der Waals surface area contributed by atoms with Crippen LogP contribution in [-0.2, 0) is 6.54 Å². The zero-order chi connectivity index (χ0) is 16.5. The molecule has 23 heavy (non-hydrogen) atoms. The number of amides is 2. The summed E-state index contributed by atoms with van der Waals surface area (Å²) in [6.45, 7) is 3.34. The lowest BCUT2D eigenvalue weighted by Crippen LogP contribution is -2.37. The second-order valence-corrected chi connectivity index (χ2v) is 5.07. The van der Waals surface area contributed by atoms with E-state index in [0.717, 1.165) is 22.6 Å². The topological polar surface area (TPSA) is 59.6 Å². The second-order valence-electron chi connectivity index (χ2n) is 5.07. The molecular weight excluding hydrogens is 292 g/mol. The third-order valence-electron chi connectivity index (χ3n) is 3.35. The number of carbonyl (C=O) groups excluding carboxylic acids is 1. The van der Waals surface area contributed by atoms with Crippen LogP contribution in [-0.4, -0.2) is 26.3 Å². The molecule has 0 spiro atoms. The molecule has 0 bridgehead atoms. The van der Waals surface area contributed by atoms with E-state index in [-0.39, 0.29) is 6.03 Å². The minimum Gasteiger partial charge on any atom is -0.497 e. The molecule has 0 fully saturated rings. The maximum Gasteiger partial charge on any atom is 0.315 e. The Balaban J connectivity index is 1.64. The van der Waals surface area contributed by atoms with Gasteiger partial charge in [0.1, 0.15) is 18.1 Å². The number of ether oxygens (including phenoxy) is 2. The van der Waals surface area contributed by atoms with E-state index in [1.807, 2.05) is 55.5 Å². The first-order valence-electron chi connectivity index (χ1n) is 7.52. The molecule has 5 heteroatoms. The van der Waals surface area contributed by atoms with Gasteiger partial charge in [0.2, 0.25) is 0 Å². The second kappa shape index (κ2) is 8.68. The number of para-hydroxylation sites is 1. The van der Waals surface area contributed by atoms with Gasteiger partial charge in [0.05, 0.1) is 13.7 Å². The summed E-state index contributed by atoms with van der Waals surface area (Å²) >= 11 is 0. The van der Waals surface area contributed by atoms with Crippen molar-refractivity contribution in [3.63, 3.8) is 0 Å². The fraction of sp³-hybridized carbons (Fsp3) is 0.278. The van der Waals surface area contributed by atoms with Crippen molar-refractivity contribution in [2.75, 3.05) is 20.3 Å². The summed E-state index contributed by atoms with van der Waals surface area (Å²) in [4.78, 5) is 11.7. The Kier molecular flexibility index (Phi) is 6.29. The normalized spacial score (nSPS) is 10.0. The highest BCUT2D eigenvalue weighted by molar-refractivity contribution is 5.73. The average Bonchev–Trinajstić information content (AvgIpc) is 2.59. The van der Waals surface area contributed by atoms with Gasteiger partial charge in [-0.05, 0) is 36.2 Å². The van der Waals surface area contributed by atoms with Crippen molar-refractivity contribution in [1.82, 2.24) is 10.6 Å². The van der Waals surface area contributed by atoms with Crippen molar-refractivity contribution in [2.24, 2.45) is 0 Å². The van der Waals surface area contributed by atoms with Gasteiger partial charge < -0.3 is 20.1 Å². The SMILES string of the molecule is COc1ccc(CNC(=O)NCCOc2ccccc2C)cc1. The molecule has 0 saturated heterocycles. The van der Waals surface area contributed by atoms with Crippen LogP contribution in [0, 0.1) is 6.92 Å². The molecule has 0 aromatic heterocycles. The van der Waals surface area contributed by atoms with E-state index in [4.69, 9.17) is 9.47 Å². The van der Waals surface area contributed by atoms with Gasteiger partial charge in [-0.15, -0.1) is 0 Å². The van der Waals surface area contributed by atoms with Crippen molar-refractivity contribution in [2.45, 2.75) is 13.5 Å². The average molecular weight is 314 g/mol. The summed E-state index contributed by atoms with van der Waals surface area (Å²) in [5, 5.41) is 5.57. The third-order valence-corrected chi connectivity index (χ3v) is 3.35. The molecule has 0 unspecified atom stereocenters. The smallest absolute Gasteiger partial charge is 0.315 e. The van der Waals surface area contributed by atoms with Gasteiger partial charge in [0.15, 0.2) is 0 Å². The number of methoxy groups -OCH3 is 1. The first-order valence-corrected chi connectivity index (χ1v) is 7.52. The van der Waals surface area contributed by atoms with Gasteiger partial charge in [0, 0.05) is 6.54 Å². The van der Waals surface area contributed by atoms with Gasteiger partial charge in [-0.1, -0.05) is 30.3 Å². The Labute approximate surface area is 136 Å². The molecule has 2 rings (SSSR count). The lowest BCUT2D eigenvalue weighted by molar-refractivity contribution is 0.236. The molecule has 0 aliphatic rings. The molecule has 0 heterocycles. The van der Waals surface area contributed by atoms with Gasteiger partial charge in [0.25, 0.3) is 0 Å². The van der Waals surface area contributed by atoms with E-state index in [1.165, 1.54) is 0 Å². The van der Waals surface area contributed by atoms with Crippen LogP contribution in [0.4, 0.5) is 4.79 Å². The Hall–Kier alpha value is -2.69. The monoisotopic (exact) mass is 314 g/mol. The molecule has 2 aromatic rings. The van der Waals surface area contributed by atoms with E-state index >= 15 is 0 Å². The van der Waals surface area contributed by atoms with E-state index < -0.39 is 0 Å². The summed E-state index contributed by atoms with van der Waals surface area (Å²) < 4.78 is 10.7. The minimum absolute atomic E-state index is 0.214. The highest BCUT2D eigenvalue weighted by Crippen LogP contribution is 2.15. The van der Waals surface area contributed by atoms with Crippen molar-refractivity contribution >= 4 is 6.03 Å². The van der Waals surface area contributed by atoms with E-state index in [0.29, 0.717) is 19.7 Å². The third kappa shape index (κ3) is 5.54. The molecule has 0 aliphatic carbocycles. The number of hydrogen-bond acceptors (Lipinski definition) is 3. The number of aryl methyl sites for hydroxylation is 1. The van der Waals surface area contributed by atoms with Crippen molar-refractivity contribution in [3.8, 4) is 11.5 Å². The predicted octanol–water partition coefficient (Wildman–Crippen LogP) is 2.88. The van der Waals surface area contributed by atoms with Crippen LogP contribution >= 0.6 is 0 Å². The van der Waals surface area contributed by atoms with Gasteiger partial charge in [-0.25, -0.2) is 4.79 Å². The number of urea groups is 1. The zero-order valence-electron chi connectivity index (χ0n) is 13.5. The fourth-order valence-electron chi connectivity index (χ4n) is 2.03. The minimum atomic E-state index is -0.214. The van der Waals surface area contributed by atoms with Crippen molar-refractivity contribution < 1.29 is 14.3 Å². The number of benzene rings is 2. The maximum absolute atomic E-state index is 11.7. The Bertz CT molecular complexity index is 626. The largest absolute Gasteiger partial charge is 0.497 e. The standard InChI is InChI=1S/C18H22N2O3/c1-14-5-3-4-6-17(14)23-12-11-19-18(21)20-13-15-7-9-16(22-2)10-8-15/h3-10H,11-13H2,1-2H3,(H2,19,20,21). The molecule has 5 nitrogen and oxygen atoms in total. The van der Waals surface area contributed by atoms with E-state index in [2.05, 4.69) is 10.6 Å². The van der Waals surface area contributed by atoms with Gasteiger partial charge in [-0.3, -0.25) is 0 Å². The Morgan fingerprint density at radius 1 is 1.04 bits per heavy atom. The maximum atomic E-state index is 11.7. The number of hydrogen-bond donors (Lipinski definition) is 2. The fourth-order valence-corrected chi connectivity index (χ4v) is 2.03. The molecular formula is C18H22N2O3. The summed E-state index contributed by atoms with van der Waals surface area (Å²) in [6.07, 6.45) is 0. The number of nitrogens with one attached hydrogen (secondary N) is 2. The molecule has 2 amide bonds. The summed E-state index contributed by atoms with van der Waals surface area (Å²) in [7, 11) is 1.62. The van der Waals surface area contributed by atoms with E-state index in [9.17, 15) is 4.79 Å². The first kappa shape index (κ1) is 16.7. The molecule has 0 atom stereocenters. The molecule has 2 N–H and O–H groups in total. The van der Waals surface area contributed by atoms with Crippen LogP contribution in [0.15, 0.2) is 48.5 Å². The molecule has 0 aliphatic heterocycles. The van der Waals surface area contributed by atoms with Crippen molar-refractivity contribution in [3.05, 3.63) is 59.7 Å². The van der Waals surface area contributed by atoms with Crippen molar-refractivity contribution in [1.29, 1.82) is 0 Å². The van der Waals surface area contributed by atoms with Crippen LogP contribution in [0.5, 0.6) is 11.5 Å². The van der Waals surface area contributed by atoms with Gasteiger partial charge >= 0.3 is 6.03 Å². The van der Waals surface area contributed by atoms with Gasteiger partial charge in [-0.2, -0.15) is 0 Å².